The van der Waals surface area contributed by atoms with Gasteiger partial charge in [0.15, 0.2) is 0 Å². The first-order chi connectivity index (χ1) is 35.7. The molecule has 0 heteroatoms. The van der Waals surface area contributed by atoms with Crippen molar-refractivity contribution in [2.45, 2.75) is 122 Å². The number of hydrogen-bond donors (Lipinski definition) is 0. The number of benzene rings is 6. The molecule has 0 aliphatic heterocycles. The summed E-state index contributed by atoms with van der Waals surface area (Å²) in [7, 11) is 0. The van der Waals surface area contributed by atoms with Gasteiger partial charge in [-0.15, -0.1) is 0 Å². The minimum absolute atomic E-state index is 0.0406. The van der Waals surface area contributed by atoms with Crippen molar-refractivity contribution in [2.24, 2.45) is 11.8 Å². The van der Waals surface area contributed by atoms with Gasteiger partial charge in [0.25, 0.3) is 0 Å². The Kier molecular flexibility index (Phi) is 23.4. The van der Waals surface area contributed by atoms with Crippen LogP contribution in [-0.4, -0.2) is 0 Å². The van der Waals surface area contributed by atoms with Crippen LogP contribution < -0.4 is 0 Å². The van der Waals surface area contributed by atoms with Gasteiger partial charge in [-0.25, -0.2) is 0 Å². The highest BCUT2D eigenvalue weighted by Crippen LogP contribution is 2.58. The quantitative estimate of drug-likeness (QED) is 0.140. The first-order valence-corrected chi connectivity index (χ1v) is 27.1. The summed E-state index contributed by atoms with van der Waals surface area (Å²) in [6, 6.07) is 47.1. The van der Waals surface area contributed by atoms with Gasteiger partial charge >= 0.3 is 0 Å². The molecule has 6 aromatic carbocycles. The second-order valence-corrected chi connectivity index (χ2v) is 19.7. The first-order valence-electron chi connectivity index (χ1n) is 27.1. The van der Waals surface area contributed by atoms with Crippen molar-refractivity contribution in [3.8, 4) is 33.4 Å². The van der Waals surface area contributed by atoms with E-state index < -0.39 is 0 Å². The summed E-state index contributed by atoms with van der Waals surface area (Å²) in [5, 5.41) is 0. The third-order valence-electron chi connectivity index (χ3n) is 14.3. The van der Waals surface area contributed by atoms with Gasteiger partial charge in [-0.05, 0) is 170 Å². The minimum Gasteiger partial charge on any atom is -0.0991 e. The molecule has 2 unspecified atom stereocenters. The number of fused-ring (bicyclic) bond motifs is 5. The molecule has 74 heavy (non-hydrogen) atoms. The Morgan fingerprint density at radius 1 is 0.581 bits per heavy atom. The molecule has 0 bridgehead atoms. The molecule has 6 aromatic rings. The van der Waals surface area contributed by atoms with E-state index in [0.29, 0.717) is 0 Å². The Morgan fingerprint density at radius 3 is 1.68 bits per heavy atom. The van der Waals surface area contributed by atoms with Gasteiger partial charge in [0.2, 0.25) is 0 Å². The topological polar surface area (TPSA) is 0 Å². The number of aryl methyl sites for hydroxylation is 4. The molecule has 0 radical (unpaired) electrons. The van der Waals surface area contributed by atoms with E-state index in [4.69, 9.17) is 0 Å². The number of hydrogen-bond acceptors (Lipinski definition) is 0. The predicted molar refractivity (Wildman–Crippen MR) is 333 cm³/mol. The Balaban J connectivity index is 0.000000203. The van der Waals surface area contributed by atoms with Crippen LogP contribution in [0.25, 0.3) is 45.5 Å². The van der Waals surface area contributed by atoms with Gasteiger partial charge in [0, 0.05) is 5.41 Å². The van der Waals surface area contributed by atoms with Crippen molar-refractivity contribution in [3.05, 3.63) is 274 Å². The third kappa shape index (κ3) is 14.8. The molecule has 0 amide bonds. The van der Waals surface area contributed by atoms with Crippen LogP contribution in [0, 0.1) is 39.5 Å². The molecule has 0 N–H and O–H groups in total. The standard InChI is InChI=1S/C21H22.C16H20.2C13H12.C7H10.2C2H6/c1-7-15-14(4)12-19-20(16(15)8-2)17-10-9-13(3)11-18(17)21(19,5)6;1-4-10(2)16-11(3)12-7-5-6-8-13(12)14-9-15(14)16;1-11-6-5-9-13(10-11)12-7-3-2-4-8-12;1-11-7-9-13(10-8-11)12-5-3-2-4-6-12;1-4-6-7(3)5-2;2*1-2/h7-12H,1-2H2,3-6H3;4,6,8,14-15H,5,7,9H2,1-3H3;2*2-10H,1H3;4-6H,1-2H2,3H3;2*1-2H3/b;10-4-;;;7-6-;;. The maximum Gasteiger partial charge on any atom is 0.0159 e. The second kappa shape index (κ2) is 29.0. The van der Waals surface area contributed by atoms with Crippen LogP contribution >= 0.6 is 0 Å². The summed E-state index contributed by atoms with van der Waals surface area (Å²) in [5.41, 5.74) is 27.6. The zero-order valence-electron chi connectivity index (χ0n) is 47.9. The average molecular weight is 978 g/mol. The van der Waals surface area contributed by atoms with Crippen molar-refractivity contribution in [1.29, 1.82) is 0 Å². The zero-order valence-corrected chi connectivity index (χ0v) is 47.9. The molecule has 1 saturated carbocycles. The van der Waals surface area contributed by atoms with E-state index in [1.54, 1.807) is 34.4 Å². The molecular weight excluding hydrogens is 889 g/mol. The summed E-state index contributed by atoms with van der Waals surface area (Å²) >= 11 is 0. The summed E-state index contributed by atoms with van der Waals surface area (Å²) in [5.74, 6) is 1.71. The summed E-state index contributed by atoms with van der Waals surface area (Å²) in [6.07, 6.45) is 20.3. The molecule has 1 fully saturated rings. The van der Waals surface area contributed by atoms with E-state index in [9.17, 15) is 0 Å². The highest BCUT2D eigenvalue weighted by Gasteiger charge is 2.47. The highest BCUT2D eigenvalue weighted by atomic mass is 14.5. The van der Waals surface area contributed by atoms with E-state index in [1.807, 2.05) is 65.0 Å². The SMILES string of the molecule is C/C=C(/C)C1=C(C)C2=C(C=CCC2)C2CC12.C=C/C=C(/C)C=C.C=Cc1c(C)cc2c(c1C=C)-c1ccc(C)cc1C2(C)C.CC.CC.Cc1ccc(-c2ccccc2)cc1.Cc1cccc(-c2ccccc2)c1. The highest BCUT2D eigenvalue weighted by molar-refractivity contribution is 5.91. The lowest BCUT2D eigenvalue weighted by Crippen LogP contribution is -2.15. The molecule has 2 atom stereocenters. The smallest absolute Gasteiger partial charge is 0.0159 e. The Hall–Kier alpha value is -7.02. The molecule has 10 rings (SSSR count). The zero-order chi connectivity index (χ0) is 54.5. The number of allylic oxidation sites excluding steroid dienone is 12. The molecule has 0 spiro atoms. The molecule has 4 aliphatic carbocycles. The van der Waals surface area contributed by atoms with Crippen molar-refractivity contribution < 1.29 is 0 Å². The predicted octanol–water partition coefficient (Wildman–Crippen LogP) is 22.1. The van der Waals surface area contributed by atoms with Crippen LogP contribution in [0.15, 0.2) is 230 Å². The molecule has 0 heterocycles. The number of rotatable bonds is 7. The van der Waals surface area contributed by atoms with Crippen molar-refractivity contribution in [3.63, 3.8) is 0 Å². The van der Waals surface area contributed by atoms with Crippen LogP contribution in [-0.2, 0) is 5.41 Å². The van der Waals surface area contributed by atoms with Crippen LogP contribution in [0.2, 0.25) is 0 Å². The fourth-order valence-electron chi connectivity index (χ4n) is 10.2. The molecule has 0 saturated heterocycles. The normalized spacial score (nSPS) is 15.9. The van der Waals surface area contributed by atoms with E-state index in [-0.39, 0.29) is 5.41 Å². The largest absolute Gasteiger partial charge is 0.0991 e. The lowest BCUT2D eigenvalue weighted by atomic mass is 9.80. The van der Waals surface area contributed by atoms with Gasteiger partial charge in [-0.1, -0.05) is 278 Å². The third-order valence-corrected chi connectivity index (χ3v) is 14.3. The fraction of sp³-hybridized carbons (Fsp3) is 0.270. The maximum absolute atomic E-state index is 4.05. The average Bonchev–Trinajstić information content (AvgIpc) is 4.20. The first kappa shape index (κ1) is 59.5. The molecule has 0 aromatic heterocycles. The Bertz CT molecular complexity index is 2990. The summed E-state index contributed by atoms with van der Waals surface area (Å²) in [4.78, 5) is 0. The monoisotopic (exact) mass is 977 g/mol. The summed E-state index contributed by atoms with van der Waals surface area (Å²) < 4.78 is 0. The molecule has 0 nitrogen and oxygen atoms in total. The van der Waals surface area contributed by atoms with Gasteiger partial charge in [0.1, 0.15) is 0 Å². The maximum atomic E-state index is 4.05. The van der Waals surface area contributed by atoms with E-state index in [2.05, 4.69) is 228 Å². The van der Waals surface area contributed by atoms with Crippen molar-refractivity contribution in [2.75, 3.05) is 0 Å². The van der Waals surface area contributed by atoms with Crippen LogP contribution in [0.4, 0.5) is 0 Å². The van der Waals surface area contributed by atoms with Crippen LogP contribution in [0.3, 0.4) is 0 Å². The van der Waals surface area contributed by atoms with Gasteiger partial charge in [-0.2, -0.15) is 0 Å². The Morgan fingerprint density at radius 2 is 1.14 bits per heavy atom. The lowest BCUT2D eigenvalue weighted by Gasteiger charge is -2.25. The van der Waals surface area contributed by atoms with E-state index in [1.165, 1.54) is 103 Å². The molecule has 4 aliphatic rings. The van der Waals surface area contributed by atoms with E-state index in [0.717, 1.165) is 17.4 Å². The van der Waals surface area contributed by atoms with Gasteiger partial charge in [-0.3, -0.25) is 0 Å². The second-order valence-electron chi connectivity index (χ2n) is 19.7. The van der Waals surface area contributed by atoms with Crippen molar-refractivity contribution >= 4 is 12.2 Å². The van der Waals surface area contributed by atoms with Crippen molar-refractivity contribution in [1.82, 2.24) is 0 Å². The minimum atomic E-state index is 0.0406. The van der Waals surface area contributed by atoms with Gasteiger partial charge < -0.3 is 0 Å². The lowest BCUT2D eigenvalue weighted by molar-refractivity contribution is 0.659. The molecule has 384 valence electrons. The molecular formula is C74H88. The van der Waals surface area contributed by atoms with Crippen LogP contribution in [0.5, 0.6) is 0 Å². The fourth-order valence-corrected chi connectivity index (χ4v) is 10.2. The Labute approximate surface area is 450 Å². The van der Waals surface area contributed by atoms with E-state index >= 15 is 0 Å². The van der Waals surface area contributed by atoms with Crippen LogP contribution in [0.1, 0.15) is 133 Å². The summed E-state index contributed by atoms with van der Waals surface area (Å²) in [6.45, 7) is 45.1. The van der Waals surface area contributed by atoms with Gasteiger partial charge in [0.05, 0.1) is 0 Å².